The molecule has 0 unspecified atom stereocenters. The minimum atomic E-state index is -0.859. The molecule has 0 saturated carbocycles. The van der Waals surface area contributed by atoms with Gasteiger partial charge in [-0.25, -0.2) is 4.79 Å². The Kier molecular flexibility index (Phi) is 6.26. The number of hydrogen-bond acceptors (Lipinski definition) is 4. The number of carbonyl (C=O) groups excluding carboxylic acids is 3. The highest BCUT2D eigenvalue weighted by molar-refractivity contribution is 6.06. The van der Waals surface area contributed by atoms with Crippen LogP contribution in [-0.2, 0) is 29.2 Å². The van der Waals surface area contributed by atoms with E-state index in [9.17, 15) is 14.4 Å². The van der Waals surface area contributed by atoms with Gasteiger partial charge in [0.15, 0.2) is 0 Å². The molecule has 1 fully saturated rings. The van der Waals surface area contributed by atoms with Crippen molar-refractivity contribution in [3.8, 4) is 0 Å². The third kappa shape index (κ3) is 4.34. The van der Waals surface area contributed by atoms with Gasteiger partial charge in [-0.3, -0.25) is 14.5 Å². The first-order chi connectivity index (χ1) is 11.9. The molecule has 2 aliphatic heterocycles. The monoisotopic (exact) mass is 380 g/mol. The molecular formula is C18H25ClN4O3. The molecule has 1 aromatic carbocycles. The van der Waals surface area contributed by atoms with Gasteiger partial charge in [0.25, 0.3) is 5.91 Å². The summed E-state index contributed by atoms with van der Waals surface area (Å²) in [5.74, 6) is -0.324. The fourth-order valence-electron chi connectivity index (χ4n) is 3.17. The van der Waals surface area contributed by atoms with Gasteiger partial charge in [0.2, 0.25) is 5.91 Å². The largest absolute Gasteiger partial charge is 0.352 e. The highest BCUT2D eigenvalue weighted by Crippen LogP contribution is 2.18. The SMILES string of the molecule is CC1(C)NC(=O)N(CCCC(=O)NCc2ccc3c(c2)CNC3)C1=O.Cl. The molecular weight excluding hydrogens is 356 g/mol. The first kappa shape index (κ1) is 20.2. The number of amides is 4. The molecule has 3 rings (SSSR count). The topological polar surface area (TPSA) is 90.5 Å². The smallest absolute Gasteiger partial charge is 0.325 e. The standard InChI is InChI=1S/C18H24N4O3.ClH/c1-18(2)16(24)22(17(25)21-18)7-3-4-15(23)20-9-12-5-6-13-10-19-11-14(13)8-12;/h5-6,8,19H,3-4,7,9-11H2,1-2H3,(H,20,23)(H,21,25);1H. The molecule has 3 N–H and O–H groups in total. The van der Waals surface area contributed by atoms with Gasteiger partial charge in [-0.05, 0) is 37.0 Å². The van der Waals surface area contributed by atoms with E-state index >= 15 is 0 Å². The lowest BCUT2D eigenvalue weighted by molar-refractivity contribution is -0.130. The van der Waals surface area contributed by atoms with Crippen molar-refractivity contribution < 1.29 is 14.4 Å². The van der Waals surface area contributed by atoms with E-state index in [1.165, 1.54) is 16.0 Å². The van der Waals surface area contributed by atoms with Crippen LogP contribution in [0.15, 0.2) is 18.2 Å². The zero-order valence-corrected chi connectivity index (χ0v) is 15.9. The normalized spacial score (nSPS) is 17.5. The minimum absolute atomic E-state index is 0. The van der Waals surface area contributed by atoms with Crippen molar-refractivity contribution in [2.24, 2.45) is 0 Å². The van der Waals surface area contributed by atoms with E-state index in [1.54, 1.807) is 13.8 Å². The maximum absolute atomic E-state index is 12.1. The Labute approximate surface area is 159 Å². The van der Waals surface area contributed by atoms with Gasteiger partial charge < -0.3 is 16.0 Å². The summed E-state index contributed by atoms with van der Waals surface area (Å²) in [7, 11) is 0. The van der Waals surface area contributed by atoms with Crippen LogP contribution in [-0.4, -0.2) is 34.8 Å². The predicted octanol–water partition coefficient (Wildman–Crippen LogP) is 1.44. The molecule has 7 nitrogen and oxygen atoms in total. The number of rotatable bonds is 6. The second-order valence-corrected chi connectivity index (χ2v) is 7.10. The maximum Gasteiger partial charge on any atom is 0.325 e. The number of benzene rings is 1. The molecule has 0 atom stereocenters. The van der Waals surface area contributed by atoms with E-state index in [1.807, 2.05) is 6.07 Å². The van der Waals surface area contributed by atoms with Crippen molar-refractivity contribution in [3.05, 3.63) is 34.9 Å². The van der Waals surface area contributed by atoms with E-state index in [0.717, 1.165) is 18.7 Å². The molecule has 0 radical (unpaired) electrons. The Morgan fingerprint density at radius 1 is 1.23 bits per heavy atom. The van der Waals surface area contributed by atoms with Crippen LogP contribution in [0.25, 0.3) is 0 Å². The van der Waals surface area contributed by atoms with Crippen molar-refractivity contribution in [1.82, 2.24) is 20.9 Å². The van der Waals surface area contributed by atoms with Gasteiger partial charge in [-0.1, -0.05) is 18.2 Å². The lowest BCUT2D eigenvalue weighted by Crippen LogP contribution is -2.40. The average molecular weight is 381 g/mol. The minimum Gasteiger partial charge on any atom is -0.352 e. The first-order valence-electron chi connectivity index (χ1n) is 8.59. The van der Waals surface area contributed by atoms with Crippen LogP contribution in [0.1, 0.15) is 43.4 Å². The second-order valence-electron chi connectivity index (χ2n) is 7.10. The third-order valence-electron chi connectivity index (χ3n) is 4.62. The summed E-state index contributed by atoms with van der Waals surface area (Å²) in [6.45, 7) is 5.87. The first-order valence-corrected chi connectivity index (χ1v) is 8.59. The van der Waals surface area contributed by atoms with Crippen molar-refractivity contribution >= 4 is 30.3 Å². The highest BCUT2D eigenvalue weighted by atomic mass is 35.5. The summed E-state index contributed by atoms with van der Waals surface area (Å²) in [6, 6.07) is 5.85. The molecule has 0 bridgehead atoms. The molecule has 2 heterocycles. The van der Waals surface area contributed by atoms with E-state index in [4.69, 9.17) is 0 Å². The number of carbonyl (C=O) groups is 3. The number of imide groups is 1. The fraction of sp³-hybridized carbons (Fsp3) is 0.500. The van der Waals surface area contributed by atoms with Crippen molar-refractivity contribution in [2.45, 2.75) is 51.9 Å². The Hall–Kier alpha value is -2.12. The summed E-state index contributed by atoms with van der Waals surface area (Å²) in [4.78, 5) is 37.0. The summed E-state index contributed by atoms with van der Waals surface area (Å²) >= 11 is 0. The molecule has 1 saturated heterocycles. The molecule has 142 valence electrons. The van der Waals surface area contributed by atoms with Gasteiger partial charge in [0, 0.05) is 32.6 Å². The second kappa shape index (κ2) is 8.05. The Balaban J connectivity index is 0.00000243. The number of nitrogens with one attached hydrogen (secondary N) is 3. The average Bonchev–Trinajstić information content (AvgIpc) is 3.10. The molecule has 8 heteroatoms. The molecule has 0 aliphatic carbocycles. The van der Waals surface area contributed by atoms with Crippen LogP contribution in [0.5, 0.6) is 0 Å². The van der Waals surface area contributed by atoms with Crippen molar-refractivity contribution in [3.63, 3.8) is 0 Å². The summed E-state index contributed by atoms with van der Waals surface area (Å²) in [5, 5.41) is 8.82. The molecule has 26 heavy (non-hydrogen) atoms. The van der Waals surface area contributed by atoms with Gasteiger partial charge in [0.05, 0.1) is 0 Å². The zero-order valence-electron chi connectivity index (χ0n) is 15.1. The summed E-state index contributed by atoms with van der Waals surface area (Å²) < 4.78 is 0. The molecule has 2 aliphatic rings. The lowest BCUT2D eigenvalue weighted by atomic mass is 10.1. The summed E-state index contributed by atoms with van der Waals surface area (Å²) in [5.41, 5.74) is 2.81. The van der Waals surface area contributed by atoms with Crippen LogP contribution in [0.4, 0.5) is 4.79 Å². The van der Waals surface area contributed by atoms with Gasteiger partial charge in [-0.15, -0.1) is 12.4 Å². The molecule has 0 aromatic heterocycles. The van der Waals surface area contributed by atoms with Crippen molar-refractivity contribution in [1.29, 1.82) is 0 Å². The van der Waals surface area contributed by atoms with E-state index in [0.29, 0.717) is 13.0 Å². The quantitative estimate of drug-likeness (QED) is 0.651. The Bertz CT molecular complexity index is 720. The third-order valence-corrected chi connectivity index (χ3v) is 4.62. The van der Waals surface area contributed by atoms with Gasteiger partial charge in [-0.2, -0.15) is 0 Å². The predicted molar refractivity (Wildman–Crippen MR) is 99.6 cm³/mol. The van der Waals surface area contributed by atoms with Crippen LogP contribution >= 0.6 is 12.4 Å². The number of fused-ring (bicyclic) bond motifs is 1. The van der Waals surface area contributed by atoms with Gasteiger partial charge in [0.1, 0.15) is 5.54 Å². The van der Waals surface area contributed by atoms with Crippen LogP contribution in [0.3, 0.4) is 0 Å². The Morgan fingerprint density at radius 2 is 1.96 bits per heavy atom. The number of hydrogen-bond donors (Lipinski definition) is 3. The van der Waals surface area contributed by atoms with Crippen LogP contribution in [0, 0.1) is 0 Å². The van der Waals surface area contributed by atoms with Crippen molar-refractivity contribution in [2.75, 3.05) is 6.54 Å². The molecule has 4 amide bonds. The van der Waals surface area contributed by atoms with Crippen LogP contribution < -0.4 is 16.0 Å². The van der Waals surface area contributed by atoms with E-state index in [2.05, 4.69) is 28.1 Å². The number of urea groups is 1. The highest BCUT2D eigenvalue weighted by Gasteiger charge is 2.43. The fourth-order valence-corrected chi connectivity index (χ4v) is 3.17. The number of nitrogens with zero attached hydrogens (tertiary/aromatic N) is 1. The van der Waals surface area contributed by atoms with Gasteiger partial charge >= 0.3 is 6.03 Å². The lowest BCUT2D eigenvalue weighted by Gasteiger charge is -2.15. The molecule has 1 aromatic rings. The summed E-state index contributed by atoms with van der Waals surface area (Å²) in [6.07, 6.45) is 0.735. The van der Waals surface area contributed by atoms with E-state index in [-0.39, 0.29) is 43.2 Å². The van der Waals surface area contributed by atoms with E-state index < -0.39 is 5.54 Å². The molecule has 0 spiro atoms. The maximum atomic E-state index is 12.1. The van der Waals surface area contributed by atoms with Crippen LogP contribution in [0.2, 0.25) is 0 Å². The zero-order chi connectivity index (χ0) is 18.0. The Morgan fingerprint density at radius 3 is 2.65 bits per heavy atom. The number of halogens is 1.